The molecule has 1 aliphatic rings. The third kappa shape index (κ3) is 5.18. The lowest BCUT2D eigenvalue weighted by Crippen LogP contribution is -2.53. The molecule has 3 rings (SSSR count). The quantitative estimate of drug-likeness (QED) is 0.223. The number of rotatable bonds is 6. The van der Waals surface area contributed by atoms with Gasteiger partial charge in [0.25, 0.3) is 11.8 Å². The fourth-order valence-electron chi connectivity index (χ4n) is 2.69. The number of halogens is 3. The first-order chi connectivity index (χ1) is 14.3. The normalized spacial score (nSPS) is 15.4. The molecule has 1 saturated heterocycles. The number of nitrogens with one attached hydrogen (secondary N) is 1. The van der Waals surface area contributed by atoms with Crippen LogP contribution in [0.1, 0.15) is 11.1 Å². The van der Waals surface area contributed by atoms with E-state index >= 15 is 0 Å². The van der Waals surface area contributed by atoms with Crippen LogP contribution in [-0.2, 0) is 16.2 Å². The zero-order valence-corrected chi connectivity index (χ0v) is 20.2. The molecule has 0 aliphatic carbocycles. The van der Waals surface area contributed by atoms with Crippen LogP contribution in [0.3, 0.4) is 0 Å². The Labute approximate surface area is 201 Å². The highest BCUT2D eigenvalue weighted by molar-refractivity contribution is 9.10. The molecule has 1 fully saturated rings. The van der Waals surface area contributed by atoms with E-state index in [0.29, 0.717) is 27.4 Å². The molecule has 2 amide bonds. The molecule has 1 N–H and O–H groups in total. The number of thiocarbonyl (C=S) groups is 1. The van der Waals surface area contributed by atoms with Crippen molar-refractivity contribution in [2.45, 2.75) is 6.61 Å². The SMILES string of the molecule is C=CCN1C(=O)/C(=C/c2cc(Cl)c(OCc3ccc(Br)cc3)c(Br)c2)C(=O)NC1=S. The smallest absolute Gasteiger partial charge is 0.265 e. The van der Waals surface area contributed by atoms with Crippen molar-refractivity contribution < 1.29 is 14.3 Å². The summed E-state index contributed by atoms with van der Waals surface area (Å²) in [5.74, 6) is -0.588. The van der Waals surface area contributed by atoms with Crippen molar-refractivity contribution in [3.05, 3.63) is 79.7 Å². The summed E-state index contributed by atoms with van der Waals surface area (Å²) in [7, 11) is 0. The molecule has 0 saturated carbocycles. The Morgan fingerprint density at radius 2 is 1.90 bits per heavy atom. The largest absolute Gasteiger partial charge is 0.486 e. The zero-order chi connectivity index (χ0) is 21.8. The molecule has 0 unspecified atom stereocenters. The van der Waals surface area contributed by atoms with Crippen molar-refractivity contribution in [1.82, 2.24) is 10.2 Å². The predicted molar refractivity (Wildman–Crippen MR) is 128 cm³/mol. The van der Waals surface area contributed by atoms with E-state index in [1.165, 1.54) is 17.1 Å². The Morgan fingerprint density at radius 3 is 2.53 bits per heavy atom. The van der Waals surface area contributed by atoms with Gasteiger partial charge in [0, 0.05) is 11.0 Å². The Kier molecular flexibility index (Phi) is 7.46. The standard InChI is InChI=1S/C21H15Br2ClN2O3S/c1-2-7-26-20(28)15(19(27)25-21(26)30)8-13-9-16(23)18(17(24)10-13)29-11-12-3-5-14(22)6-4-12/h2-6,8-10H,1,7,11H2,(H,25,27,30)/b15-8+. The van der Waals surface area contributed by atoms with E-state index in [-0.39, 0.29) is 17.2 Å². The molecule has 154 valence electrons. The number of carbonyl (C=O) groups excluding carboxylic acids is 2. The summed E-state index contributed by atoms with van der Waals surface area (Å²) in [4.78, 5) is 26.2. The molecular weight excluding hydrogens is 556 g/mol. The van der Waals surface area contributed by atoms with Gasteiger partial charge in [-0.2, -0.15) is 0 Å². The van der Waals surface area contributed by atoms with Gasteiger partial charge in [0.2, 0.25) is 0 Å². The molecular formula is C21H15Br2ClN2O3S. The molecule has 30 heavy (non-hydrogen) atoms. The number of hydrogen-bond acceptors (Lipinski definition) is 4. The number of ether oxygens (including phenoxy) is 1. The average Bonchev–Trinajstić information content (AvgIpc) is 2.69. The lowest BCUT2D eigenvalue weighted by molar-refractivity contribution is -0.128. The first-order valence-electron chi connectivity index (χ1n) is 8.66. The second-order valence-electron chi connectivity index (χ2n) is 6.25. The highest BCUT2D eigenvalue weighted by Gasteiger charge is 2.32. The number of amides is 2. The second kappa shape index (κ2) is 9.87. The topological polar surface area (TPSA) is 58.6 Å². The number of hydrogen-bond donors (Lipinski definition) is 1. The lowest BCUT2D eigenvalue weighted by Gasteiger charge is -2.27. The van der Waals surface area contributed by atoms with Gasteiger partial charge < -0.3 is 4.74 Å². The van der Waals surface area contributed by atoms with Crippen LogP contribution < -0.4 is 10.1 Å². The molecule has 0 aromatic heterocycles. The minimum atomic E-state index is -0.562. The van der Waals surface area contributed by atoms with Gasteiger partial charge in [-0.25, -0.2) is 0 Å². The molecule has 0 radical (unpaired) electrons. The van der Waals surface area contributed by atoms with Crippen LogP contribution in [0, 0.1) is 0 Å². The van der Waals surface area contributed by atoms with Crippen molar-refractivity contribution in [2.24, 2.45) is 0 Å². The van der Waals surface area contributed by atoms with E-state index in [1.807, 2.05) is 24.3 Å². The maximum Gasteiger partial charge on any atom is 0.265 e. The maximum atomic E-state index is 12.6. The molecule has 0 atom stereocenters. The molecule has 0 bridgehead atoms. The summed E-state index contributed by atoms with van der Waals surface area (Å²) in [6, 6.07) is 11.1. The van der Waals surface area contributed by atoms with Gasteiger partial charge >= 0.3 is 0 Å². The van der Waals surface area contributed by atoms with Crippen LogP contribution in [0.25, 0.3) is 6.08 Å². The Morgan fingerprint density at radius 1 is 1.20 bits per heavy atom. The fourth-order valence-corrected chi connectivity index (χ4v) is 4.20. The first-order valence-corrected chi connectivity index (χ1v) is 11.0. The van der Waals surface area contributed by atoms with Gasteiger partial charge in [0.15, 0.2) is 10.9 Å². The number of carbonyl (C=O) groups is 2. The molecule has 2 aromatic carbocycles. The Hall–Kier alpha value is -2.00. The van der Waals surface area contributed by atoms with E-state index in [9.17, 15) is 9.59 Å². The van der Waals surface area contributed by atoms with Crippen LogP contribution in [0.15, 0.2) is 63.6 Å². The minimum absolute atomic E-state index is 0.0445. The monoisotopic (exact) mass is 568 g/mol. The second-order valence-corrected chi connectivity index (χ2v) is 8.81. The van der Waals surface area contributed by atoms with E-state index < -0.39 is 11.8 Å². The van der Waals surface area contributed by atoms with Crippen molar-refractivity contribution in [1.29, 1.82) is 0 Å². The van der Waals surface area contributed by atoms with Gasteiger partial charge in [0.1, 0.15) is 12.2 Å². The Bertz CT molecular complexity index is 1050. The molecule has 5 nitrogen and oxygen atoms in total. The summed E-state index contributed by atoms with van der Waals surface area (Å²) in [5.41, 5.74) is 1.50. The minimum Gasteiger partial charge on any atom is -0.486 e. The third-order valence-electron chi connectivity index (χ3n) is 4.13. The van der Waals surface area contributed by atoms with Crippen molar-refractivity contribution in [3.8, 4) is 5.75 Å². The van der Waals surface area contributed by atoms with Crippen molar-refractivity contribution >= 4 is 78.7 Å². The Balaban J connectivity index is 1.84. The van der Waals surface area contributed by atoms with Gasteiger partial charge in [-0.3, -0.25) is 19.8 Å². The van der Waals surface area contributed by atoms with Crippen molar-refractivity contribution in [2.75, 3.05) is 6.54 Å². The van der Waals surface area contributed by atoms with Gasteiger partial charge in [0.05, 0.1) is 9.50 Å². The van der Waals surface area contributed by atoms with Gasteiger partial charge in [-0.15, -0.1) is 6.58 Å². The van der Waals surface area contributed by atoms with Gasteiger partial charge in [-0.05, 0) is 69.6 Å². The molecule has 2 aromatic rings. The van der Waals surface area contributed by atoms with Crippen LogP contribution >= 0.6 is 55.7 Å². The van der Waals surface area contributed by atoms with E-state index in [4.69, 9.17) is 28.6 Å². The third-order valence-corrected chi connectivity index (χ3v) is 5.85. The van der Waals surface area contributed by atoms with Crippen molar-refractivity contribution in [3.63, 3.8) is 0 Å². The lowest BCUT2D eigenvalue weighted by atomic mass is 10.1. The number of nitrogens with zero attached hydrogens (tertiary/aromatic N) is 1. The fraction of sp³-hybridized carbons (Fsp3) is 0.0952. The highest BCUT2D eigenvalue weighted by Crippen LogP contribution is 2.36. The summed E-state index contributed by atoms with van der Waals surface area (Å²) in [6.07, 6.45) is 3.00. The summed E-state index contributed by atoms with van der Waals surface area (Å²) < 4.78 is 7.43. The summed E-state index contributed by atoms with van der Waals surface area (Å²) in [6.45, 7) is 4.13. The highest BCUT2D eigenvalue weighted by atomic mass is 79.9. The van der Waals surface area contributed by atoms with Crippen LogP contribution in [0.5, 0.6) is 5.75 Å². The molecule has 1 heterocycles. The van der Waals surface area contributed by atoms with E-state index in [0.717, 1.165) is 10.0 Å². The van der Waals surface area contributed by atoms with Crippen LogP contribution in [0.2, 0.25) is 5.02 Å². The first kappa shape index (κ1) is 22.7. The molecule has 9 heteroatoms. The van der Waals surface area contributed by atoms with Gasteiger partial charge in [-0.1, -0.05) is 45.7 Å². The van der Waals surface area contributed by atoms with E-state index in [2.05, 4.69) is 43.8 Å². The van der Waals surface area contributed by atoms with E-state index in [1.54, 1.807) is 12.1 Å². The predicted octanol–water partition coefficient (Wildman–Crippen LogP) is 5.26. The zero-order valence-electron chi connectivity index (χ0n) is 15.5. The van der Waals surface area contributed by atoms with Crippen LogP contribution in [-0.4, -0.2) is 28.4 Å². The molecule has 0 spiro atoms. The molecule has 1 aliphatic heterocycles. The van der Waals surface area contributed by atoms with Crippen LogP contribution in [0.4, 0.5) is 0 Å². The number of benzene rings is 2. The average molecular weight is 571 g/mol. The maximum absolute atomic E-state index is 12.6. The summed E-state index contributed by atoms with van der Waals surface area (Å²) >= 11 is 18.3. The summed E-state index contributed by atoms with van der Waals surface area (Å²) in [5, 5.41) is 2.90.